The van der Waals surface area contributed by atoms with Crippen LogP contribution in [0.4, 0.5) is 0 Å². The van der Waals surface area contributed by atoms with Gasteiger partial charge in [0.1, 0.15) is 5.76 Å². The third-order valence-electron chi connectivity index (χ3n) is 1.32. The van der Waals surface area contributed by atoms with Crippen LogP contribution in [0.2, 0.25) is 0 Å². The standard InChI is InChI=1S/C9H11NO/c1-4-5-6-9-7(2)10-8(3)11-9/h4-6H,1H2,2-3H3. The van der Waals surface area contributed by atoms with Gasteiger partial charge in [0.15, 0.2) is 5.89 Å². The van der Waals surface area contributed by atoms with Gasteiger partial charge in [-0.05, 0) is 13.0 Å². The molecule has 1 aromatic heterocycles. The molecule has 0 fully saturated rings. The van der Waals surface area contributed by atoms with Crippen molar-refractivity contribution in [2.75, 3.05) is 0 Å². The van der Waals surface area contributed by atoms with Gasteiger partial charge in [-0.15, -0.1) is 0 Å². The highest BCUT2D eigenvalue weighted by Crippen LogP contribution is 2.10. The maximum absolute atomic E-state index is 5.27. The Labute approximate surface area is 66.3 Å². The van der Waals surface area contributed by atoms with Gasteiger partial charge in [0.25, 0.3) is 0 Å². The number of oxazole rings is 1. The van der Waals surface area contributed by atoms with E-state index in [0.29, 0.717) is 5.89 Å². The number of nitrogens with zero attached hydrogens (tertiary/aromatic N) is 1. The summed E-state index contributed by atoms with van der Waals surface area (Å²) in [6.45, 7) is 7.31. The second-order valence-corrected chi connectivity index (χ2v) is 2.28. The van der Waals surface area contributed by atoms with Crippen LogP contribution in [0.3, 0.4) is 0 Å². The predicted octanol–water partition coefficient (Wildman–Crippen LogP) is 2.49. The molecule has 0 amide bonds. The quantitative estimate of drug-likeness (QED) is 0.604. The zero-order valence-electron chi connectivity index (χ0n) is 6.79. The molecule has 0 spiro atoms. The zero-order chi connectivity index (χ0) is 8.27. The van der Waals surface area contributed by atoms with E-state index in [0.717, 1.165) is 11.5 Å². The van der Waals surface area contributed by atoms with Gasteiger partial charge in [0.2, 0.25) is 0 Å². The molecular weight excluding hydrogens is 138 g/mol. The Morgan fingerprint density at radius 1 is 1.45 bits per heavy atom. The van der Waals surface area contributed by atoms with Gasteiger partial charge in [-0.2, -0.15) is 0 Å². The van der Waals surface area contributed by atoms with Crippen molar-refractivity contribution in [2.24, 2.45) is 0 Å². The molecule has 0 bridgehead atoms. The number of aromatic nitrogens is 1. The van der Waals surface area contributed by atoms with Gasteiger partial charge in [-0.25, -0.2) is 4.98 Å². The minimum absolute atomic E-state index is 0.700. The normalized spacial score (nSPS) is 10.7. The molecule has 1 rings (SSSR count). The van der Waals surface area contributed by atoms with Crippen LogP contribution in [0.5, 0.6) is 0 Å². The van der Waals surface area contributed by atoms with E-state index in [1.807, 2.05) is 26.0 Å². The summed E-state index contributed by atoms with van der Waals surface area (Å²) < 4.78 is 5.27. The summed E-state index contributed by atoms with van der Waals surface area (Å²) in [5.74, 6) is 1.51. The SMILES string of the molecule is C=CC=Cc1oc(C)nc1C. The fourth-order valence-corrected chi connectivity index (χ4v) is 0.857. The van der Waals surface area contributed by atoms with Crippen LogP contribution in [-0.4, -0.2) is 4.98 Å². The topological polar surface area (TPSA) is 26.0 Å². The molecule has 0 radical (unpaired) electrons. The van der Waals surface area contributed by atoms with Crippen molar-refractivity contribution in [3.8, 4) is 0 Å². The number of allylic oxidation sites excluding steroid dienone is 2. The van der Waals surface area contributed by atoms with E-state index in [-0.39, 0.29) is 0 Å². The fourth-order valence-electron chi connectivity index (χ4n) is 0.857. The summed E-state index contributed by atoms with van der Waals surface area (Å²) in [6.07, 6.45) is 5.38. The monoisotopic (exact) mass is 149 g/mol. The van der Waals surface area contributed by atoms with Crippen molar-refractivity contribution in [3.05, 3.63) is 36.1 Å². The van der Waals surface area contributed by atoms with Crippen molar-refractivity contribution < 1.29 is 4.42 Å². The minimum Gasteiger partial charge on any atom is -0.441 e. The van der Waals surface area contributed by atoms with Gasteiger partial charge in [0, 0.05) is 6.92 Å². The summed E-state index contributed by atoms with van der Waals surface area (Å²) in [5, 5.41) is 0. The molecule has 58 valence electrons. The Hall–Kier alpha value is -1.31. The summed E-state index contributed by atoms with van der Waals surface area (Å²) >= 11 is 0. The summed E-state index contributed by atoms with van der Waals surface area (Å²) in [6, 6.07) is 0. The molecule has 1 heterocycles. The van der Waals surface area contributed by atoms with Crippen molar-refractivity contribution in [1.82, 2.24) is 4.98 Å². The number of aryl methyl sites for hydroxylation is 2. The molecule has 0 aliphatic rings. The number of hydrogen-bond acceptors (Lipinski definition) is 2. The Balaban J connectivity index is 2.93. The molecule has 0 aromatic carbocycles. The first-order valence-electron chi connectivity index (χ1n) is 3.47. The van der Waals surface area contributed by atoms with Crippen molar-refractivity contribution in [3.63, 3.8) is 0 Å². The zero-order valence-corrected chi connectivity index (χ0v) is 6.79. The van der Waals surface area contributed by atoms with Crippen LogP contribution in [-0.2, 0) is 0 Å². The second kappa shape index (κ2) is 3.19. The predicted molar refractivity (Wildman–Crippen MR) is 45.2 cm³/mol. The molecule has 2 heteroatoms. The molecule has 0 unspecified atom stereocenters. The van der Waals surface area contributed by atoms with Crippen LogP contribution in [0.15, 0.2) is 23.1 Å². The van der Waals surface area contributed by atoms with E-state index in [9.17, 15) is 0 Å². The van der Waals surface area contributed by atoms with E-state index in [1.165, 1.54) is 0 Å². The van der Waals surface area contributed by atoms with E-state index in [2.05, 4.69) is 11.6 Å². The van der Waals surface area contributed by atoms with Gasteiger partial charge in [0.05, 0.1) is 5.69 Å². The van der Waals surface area contributed by atoms with Crippen LogP contribution >= 0.6 is 0 Å². The Bertz CT molecular complexity index is 284. The summed E-state index contributed by atoms with van der Waals surface area (Å²) in [5.41, 5.74) is 0.917. The Morgan fingerprint density at radius 3 is 2.64 bits per heavy atom. The maximum Gasteiger partial charge on any atom is 0.191 e. The summed E-state index contributed by atoms with van der Waals surface area (Å²) in [4.78, 5) is 4.11. The van der Waals surface area contributed by atoms with Gasteiger partial charge in [-0.3, -0.25) is 0 Å². The number of rotatable bonds is 2. The highest BCUT2D eigenvalue weighted by molar-refractivity contribution is 5.46. The van der Waals surface area contributed by atoms with Crippen LogP contribution in [0, 0.1) is 13.8 Å². The van der Waals surface area contributed by atoms with Crippen LogP contribution in [0.1, 0.15) is 17.3 Å². The average molecular weight is 149 g/mol. The lowest BCUT2D eigenvalue weighted by Crippen LogP contribution is -1.72. The Kier molecular flexibility index (Phi) is 2.26. The first-order valence-corrected chi connectivity index (χ1v) is 3.47. The largest absolute Gasteiger partial charge is 0.441 e. The van der Waals surface area contributed by atoms with E-state index in [4.69, 9.17) is 4.42 Å². The lowest BCUT2D eigenvalue weighted by molar-refractivity contribution is 0.512. The first kappa shape index (κ1) is 7.79. The van der Waals surface area contributed by atoms with E-state index >= 15 is 0 Å². The highest BCUT2D eigenvalue weighted by Gasteiger charge is 2.00. The molecule has 0 aliphatic carbocycles. The molecular formula is C9H11NO. The molecule has 0 saturated heterocycles. The Morgan fingerprint density at radius 2 is 2.18 bits per heavy atom. The van der Waals surface area contributed by atoms with Crippen molar-refractivity contribution in [2.45, 2.75) is 13.8 Å². The lowest BCUT2D eigenvalue weighted by Gasteiger charge is -1.82. The average Bonchev–Trinajstić information content (AvgIpc) is 2.26. The van der Waals surface area contributed by atoms with Crippen LogP contribution in [0.25, 0.3) is 6.08 Å². The highest BCUT2D eigenvalue weighted by atomic mass is 16.4. The van der Waals surface area contributed by atoms with Crippen LogP contribution < -0.4 is 0 Å². The van der Waals surface area contributed by atoms with E-state index < -0.39 is 0 Å². The van der Waals surface area contributed by atoms with E-state index in [1.54, 1.807) is 6.08 Å². The van der Waals surface area contributed by atoms with Gasteiger partial charge in [-0.1, -0.05) is 18.7 Å². The fraction of sp³-hybridized carbons (Fsp3) is 0.222. The smallest absolute Gasteiger partial charge is 0.191 e. The molecule has 0 N–H and O–H groups in total. The first-order chi connectivity index (χ1) is 5.24. The molecule has 2 nitrogen and oxygen atoms in total. The van der Waals surface area contributed by atoms with Crippen molar-refractivity contribution >= 4 is 6.08 Å². The molecule has 1 aromatic rings. The summed E-state index contributed by atoms with van der Waals surface area (Å²) in [7, 11) is 0. The van der Waals surface area contributed by atoms with Gasteiger partial charge < -0.3 is 4.42 Å². The second-order valence-electron chi connectivity index (χ2n) is 2.28. The molecule has 11 heavy (non-hydrogen) atoms. The lowest BCUT2D eigenvalue weighted by atomic mass is 10.3. The third kappa shape index (κ3) is 1.80. The third-order valence-corrected chi connectivity index (χ3v) is 1.32. The molecule has 0 atom stereocenters. The molecule has 0 aliphatic heterocycles. The molecule has 0 saturated carbocycles. The minimum atomic E-state index is 0.700. The number of hydrogen-bond donors (Lipinski definition) is 0. The maximum atomic E-state index is 5.27. The van der Waals surface area contributed by atoms with Gasteiger partial charge >= 0.3 is 0 Å². The van der Waals surface area contributed by atoms with Crippen molar-refractivity contribution in [1.29, 1.82) is 0 Å².